The van der Waals surface area contributed by atoms with E-state index in [0.29, 0.717) is 23.7 Å². The zero-order valence-electron chi connectivity index (χ0n) is 17.0. The molecule has 1 aromatic heterocycles. The maximum Gasteiger partial charge on any atom is 0.261 e. The molecule has 1 aliphatic heterocycles. The highest BCUT2D eigenvalue weighted by molar-refractivity contribution is 7.92. The molecule has 8 heteroatoms. The van der Waals surface area contributed by atoms with Crippen molar-refractivity contribution in [3.8, 4) is 11.3 Å². The largest absolute Gasteiger partial charge is 0.355 e. The van der Waals surface area contributed by atoms with Gasteiger partial charge in [0.05, 0.1) is 4.90 Å². The number of hydrogen-bond acceptors (Lipinski definition) is 3. The Morgan fingerprint density at radius 1 is 0.938 bits per heavy atom. The number of halogens is 1. The van der Waals surface area contributed by atoms with Crippen LogP contribution in [0.5, 0.6) is 0 Å². The van der Waals surface area contributed by atoms with Crippen LogP contribution in [0.15, 0.2) is 77.7 Å². The van der Waals surface area contributed by atoms with Gasteiger partial charge < -0.3 is 9.88 Å². The van der Waals surface area contributed by atoms with Crippen LogP contribution in [-0.4, -0.2) is 25.9 Å². The molecule has 0 radical (unpaired) electrons. The van der Waals surface area contributed by atoms with Crippen LogP contribution in [0.2, 0.25) is 5.02 Å². The maximum absolute atomic E-state index is 12.8. The Kier molecular flexibility index (Phi) is 5.15. The number of benzene rings is 3. The minimum absolute atomic E-state index is 0.0666. The fourth-order valence-electron chi connectivity index (χ4n) is 3.92. The number of anilines is 2. The lowest BCUT2D eigenvalue weighted by molar-refractivity contribution is -0.117. The number of amides is 1. The van der Waals surface area contributed by atoms with E-state index in [0.717, 1.165) is 34.3 Å². The first-order valence-electron chi connectivity index (χ1n) is 10.2. The summed E-state index contributed by atoms with van der Waals surface area (Å²) in [5.74, 6) is 0.0666. The van der Waals surface area contributed by atoms with Crippen LogP contribution in [0.4, 0.5) is 11.4 Å². The second-order valence-electron chi connectivity index (χ2n) is 7.74. The molecule has 5 rings (SSSR count). The van der Waals surface area contributed by atoms with E-state index < -0.39 is 10.0 Å². The molecular formula is C24H20ClN3O3S. The first-order valence-corrected chi connectivity index (χ1v) is 12.1. The van der Waals surface area contributed by atoms with Gasteiger partial charge in [0, 0.05) is 46.0 Å². The minimum atomic E-state index is -3.75. The molecule has 0 spiro atoms. The Morgan fingerprint density at radius 2 is 1.69 bits per heavy atom. The summed E-state index contributed by atoms with van der Waals surface area (Å²) in [7, 11) is -3.75. The van der Waals surface area contributed by atoms with E-state index in [1.54, 1.807) is 29.2 Å². The number of nitrogens with one attached hydrogen (secondary N) is 2. The monoisotopic (exact) mass is 465 g/mol. The predicted octanol–water partition coefficient (Wildman–Crippen LogP) is 5.42. The van der Waals surface area contributed by atoms with Crippen molar-refractivity contribution < 1.29 is 13.2 Å². The van der Waals surface area contributed by atoms with E-state index >= 15 is 0 Å². The van der Waals surface area contributed by atoms with Crippen molar-refractivity contribution in [2.24, 2.45) is 0 Å². The molecule has 32 heavy (non-hydrogen) atoms. The quantitative estimate of drug-likeness (QED) is 0.413. The molecule has 1 fully saturated rings. The summed E-state index contributed by atoms with van der Waals surface area (Å²) in [6.07, 6.45) is 1.35. The average Bonchev–Trinajstić information content (AvgIpc) is 3.40. The molecule has 4 aromatic rings. The number of carbonyl (C=O) groups excluding carboxylic acids is 1. The zero-order chi connectivity index (χ0) is 22.3. The van der Waals surface area contributed by atoms with E-state index in [1.807, 2.05) is 36.4 Å². The van der Waals surface area contributed by atoms with Crippen LogP contribution >= 0.6 is 11.6 Å². The van der Waals surface area contributed by atoms with Crippen molar-refractivity contribution in [1.29, 1.82) is 0 Å². The van der Waals surface area contributed by atoms with E-state index in [4.69, 9.17) is 11.6 Å². The molecular weight excluding hydrogens is 446 g/mol. The zero-order valence-corrected chi connectivity index (χ0v) is 18.6. The highest BCUT2D eigenvalue weighted by Crippen LogP contribution is 2.28. The lowest BCUT2D eigenvalue weighted by Gasteiger charge is -2.16. The van der Waals surface area contributed by atoms with Crippen molar-refractivity contribution in [2.45, 2.75) is 17.7 Å². The number of fused-ring (bicyclic) bond motifs is 1. The van der Waals surface area contributed by atoms with E-state index in [1.165, 1.54) is 12.1 Å². The average molecular weight is 466 g/mol. The molecule has 3 aromatic carbocycles. The van der Waals surface area contributed by atoms with Gasteiger partial charge in [0.2, 0.25) is 5.91 Å². The molecule has 1 amide bonds. The smallest absolute Gasteiger partial charge is 0.261 e. The third-order valence-electron chi connectivity index (χ3n) is 5.56. The second-order valence-corrected chi connectivity index (χ2v) is 9.86. The van der Waals surface area contributed by atoms with Crippen molar-refractivity contribution in [1.82, 2.24) is 4.98 Å². The molecule has 0 atom stereocenters. The van der Waals surface area contributed by atoms with E-state index in [-0.39, 0.29) is 10.8 Å². The Hall–Kier alpha value is -3.29. The molecule has 1 saturated heterocycles. The third-order valence-corrected chi connectivity index (χ3v) is 7.20. The number of nitrogens with zero attached hydrogens (tertiary/aromatic N) is 1. The van der Waals surface area contributed by atoms with Crippen LogP contribution in [-0.2, 0) is 14.8 Å². The molecule has 162 valence electrons. The van der Waals surface area contributed by atoms with Gasteiger partial charge in [0.25, 0.3) is 10.0 Å². The topological polar surface area (TPSA) is 82.3 Å². The van der Waals surface area contributed by atoms with Gasteiger partial charge in [-0.1, -0.05) is 23.7 Å². The summed E-state index contributed by atoms with van der Waals surface area (Å²) in [5, 5.41) is 1.68. The van der Waals surface area contributed by atoms with Crippen LogP contribution in [0.25, 0.3) is 22.2 Å². The van der Waals surface area contributed by atoms with Gasteiger partial charge in [-0.25, -0.2) is 8.42 Å². The number of carbonyl (C=O) groups is 1. The first-order chi connectivity index (χ1) is 15.4. The molecule has 0 bridgehead atoms. The number of aromatic nitrogens is 1. The van der Waals surface area contributed by atoms with Gasteiger partial charge in [-0.05, 0) is 72.6 Å². The van der Waals surface area contributed by atoms with Crippen LogP contribution in [0, 0.1) is 0 Å². The molecule has 2 heterocycles. The fraction of sp³-hybridized carbons (Fsp3) is 0.125. The molecule has 2 N–H and O–H groups in total. The van der Waals surface area contributed by atoms with Crippen LogP contribution in [0.1, 0.15) is 12.8 Å². The summed E-state index contributed by atoms with van der Waals surface area (Å²) in [4.78, 5) is 17.0. The van der Waals surface area contributed by atoms with Crippen molar-refractivity contribution in [2.75, 3.05) is 16.2 Å². The van der Waals surface area contributed by atoms with Gasteiger partial charge >= 0.3 is 0 Å². The third kappa shape index (κ3) is 3.97. The van der Waals surface area contributed by atoms with Gasteiger partial charge in [-0.2, -0.15) is 0 Å². The van der Waals surface area contributed by atoms with Crippen molar-refractivity contribution in [3.63, 3.8) is 0 Å². The highest BCUT2D eigenvalue weighted by Gasteiger charge is 2.22. The fourth-order valence-corrected chi connectivity index (χ4v) is 5.16. The van der Waals surface area contributed by atoms with Crippen LogP contribution in [0.3, 0.4) is 0 Å². The molecule has 0 unspecified atom stereocenters. The van der Waals surface area contributed by atoms with Gasteiger partial charge in [-0.3, -0.25) is 9.52 Å². The molecule has 1 aliphatic rings. The molecule has 0 aliphatic carbocycles. The number of rotatable bonds is 5. The summed E-state index contributed by atoms with van der Waals surface area (Å²) >= 11 is 6.06. The molecule has 6 nitrogen and oxygen atoms in total. The SMILES string of the molecule is O=C1CCCN1c1ccc(S(=O)(=O)Nc2ccc(-c3cc4cc(Cl)ccc4[nH]3)cc2)cc1. The van der Waals surface area contributed by atoms with E-state index in [2.05, 4.69) is 9.71 Å². The van der Waals surface area contributed by atoms with Crippen LogP contribution < -0.4 is 9.62 Å². The summed E-state index contributed by atoms with van der Waals surface area (Å²) < 4.78 is 28.2. The summed E-state index contributed by atoms with van der Waals surface area (Å²) in [6, 6.07) is 21.2. The van der Waals surface area contributed by atoms with E-state index in [9.17, 15) is 13.2 Å². The summed E-state index contributed by atoms with van der Waals surface area (Å²) in [5.41, 5.74) is 4.01. The van der Waals surface area contributed by atoms with Gasteiger partial charge in [0.15, 0.2) is 0 Å². The minimum Gasteiger partial charge on any atom is -0.355 e. The Bertz CT molecular complexity index is 1410. The number of H-pyrrole nitrogens is 1. The Labute approximate surface area is 190 Å². The lowest BCUT2D eigenvalue weighted by Crippen LogP contribution is -2.23. The first kappa shape index (κ1) is 20.6. The normalized spacial score (nSPS) is 14.3. The second kappa shape index (κ2) is 8.00. The Balaban J connectivity index is 1.33. The Morgan fingerprint density at radius 3 is 2.38 bits per heavy atom. The standard InChI is InChI=1S/C24H20ClN3O3S/c25-18-5-12-22-17(14-18)15-23(26-22)16-3-6-19(7-4-16)27-32(30,31)21-10-8-20(9-11-21)28-13-1-2-24(28)29/h3-12,14-15,26-27H,1-2,13H2. The van der Waals surface area contributed by atoms with Crippen molar-refractivity contribution in [3.05, 3.63) is 77.8 Å². The lowest BCUT2D eigenvalue weighted by atomic mass is 10.1. The predicted molar refractivity (Wildman–Crippen MR) is 128 cm³/mol. The van der Waals surface area contributed by atoms with Gasteiger partial charge in [0.1, 0.15) is 0 Å². The van der Waals surface area contributed by atoms with Crippen molar-refractivity contribution >= 4 is 49.8 Å². The number of hydrogen-bond donors (Lipinski definition) is 2. The van der Waals surface area contributed by atoms with Gasteiger partial charge in [-0.15, -0.1) is 0 Å². The molecule has 0 saturated carbocycles. The summed E-state index contributed by atoms with van der Waals surface area (Å²) in [6.45, 7) is 0.666. The maximum atomic E-state index is 12.8. The number of aromatic amines is 1. The number of sulfonamides is 1. The highest BCUT2D eigenvalue weighted by atomic mass is 35.5.